The number of hydrogen-bond donors (Lipinski definition) is 0. The normalized spacial score (nSPS) is 14.4. The zero-order valence-electron chi connectivity index (χ0n) is 37.4. The second-order valence-electron chi connectivity index (χ2n) is 17.8. The molecule has 53 heavy (non-hydrogen) atoms. The van der Waals surface area contributed by atoms with E-state index in [1.165, 1.54) is 289 Å². The van der Waals surface area contributed by atoms with E-state index >= 15 is 0 Å². The Morgan fingerprint density at radius 3 is 0.660 bits per heavy atom. The molecule has 0 bridgehead atoms. The van der Waals surface area contributed by atoms with Crippen LogP contribution < -0.4 is 0 Å². The Balaban J connectivity index is 2.17. The molecule has 0 amide bonds. The summed E-state index contributed by atoms with van der Waals surface area (Å²) in [6, 6.07) is 0. The van der Waals surface area contributed by atoms with Gasteiger partial charge in [-0.15, -0.1) is 0 Å². The van der Waals surface area contributed by atoms with Gasteiger partial charge in [-0.05, 0) is 25.7 Å². The van der Waals surface area contributed by atoms with Crippen LogP contribution in [0.5, 0.6) is 0 Å². The summed E-state index contributed by atoms with van der Waals surface area (Å²) in [6.07, 6.45) is 67.9. The van der Waals surface area contributed by atoms with E-state index in [4.69, 9.17) is 0 Å². The lowest BCUT2D eigenvalue weighted by atomic mass is 10.0. The highest BCUT2D eigenvalue weighted by Gasteiger charge is 2.24. The van der Waals surface area contributed by atoms with E-state index in [2.05, 4.69) is 43.0 Å². The molecule has 2 heteroatoms. The number of nitrogens with zero attached hydrogens (tertiary/aromatic N) is 2. The topological polar surface area (TPSA) is 6.48 Å². The number of unbranched alkanes of at least 4 members (excludes halogenated alkanes) is 39. The van der Waals surface area contributed by atoms with E-state index in [1.54, 1.807) is 0 Å². The van der Waals surface area contributed by atoms with E-state index in [0.29, 0.717) is 6.17 Å². The first-order chi connectivity index (χ1) is 26.3. The average molecular weight is 743 g/mol. The molecule has 0 radical (unpaired) electrons. The largest absolute Gasteiger partial charge is 0.356 e. The molecule has 316 valence electrons. The van der Waals surface area contributed by atoms with Crippen LogP contribution in [0.2, 0.25) is 0 Å². The van der Waals surface area contributed by atoms with Gasteiger partial charge in [0.1, 0.15) is 6.17 Å². The van der Waals surface area contributed by atoms with Crippen LogP contribution in [-0.2, 0) is 0 Å². The molecule has 0 N–H and O–H groups in total. The van der Waals surface area contributed by atoms with Crippen molar-refractivity contribution in [3.8, 4) is 0 Å². The highest BCUT2D eigenvalue weighted by Crippen LogP contribution is 2.24. The van der Waals surface area contributed by atoms with Gasteiger partial charge in [0.15, 0.2) is 0 Å². The molecule has 2 nitrogen and oxygen atoms in total. The van der Waals surface area contributed by atoms with E-state index in [1.807, 2.05) is 0 Å². The van der Waals surface area contributed by atoms with Crippen LogP contribution in [0.15, 0.2) is 12.4 Å². The minimum absolute atomic E-state index is 0.636. The van der Waals surface area contributed by atoms with Crippen molar-refractivity contribution in [2.45, 2.75) is 303 Å². The fourth-order valence-electron chi connectivity index (χ4n) is 8.84. The highest BCUT2D eigenvalue weighted by molar-refractivity contribution is 4.97. The van der Waals surface area contributed by atoms with E-state index < -0.39 is 0 Å². The Morgan fingerprint density at radius 1 is 0.245 bits per heavy atom. The van der Waals surface area contributed by atoms with Gasteiger partial charge in [-0.3, -0.25) is 0 Å². The molecule has 1 aliphatic rings. The summed E-state index contributed by atoms with van der Waals surface area (Å²) in [6.45, 7) is 9.49. The van der Waals surface area contributed by atoms with Crippen molar-refractivity contribution >= 4 is 0 Å². The minimum Gasteiger partial charge on any atom is -0.356 e. The van der Waals surface area contributed by atoms with Crippen LogP contribution in [0.3, 0.4) is 0 Å². The lowest BCUT2D eigenvalue weighted by molar-refractivity contribution is 0.135. The lowest BCUT2D eigenvalue weighted by Crippen LogP contribution is -2.39. The van der Waals surface area contributed by atoms with Crippen molar-refractivity contribution in [1.29, 1.82) is 0 Å². The van der Waals surface area contributed by atoms with E-state index in [0.717, 1.165) is 0 Å². The summed E-state index contributed by atoms with van der Waals surface area (Å²) < 4.78 is 0. The molecular formula is C51H102N2. The maximum Gasteiger partial charge on any atom is 0.101 e. The van der Waals surface area contributed by atoms with E-state index in [-0.39, 0.29) is 0 Å². The third-order valence-electron chi connectivity index (χ3n) is 12.6. The van der Waals surface area contributed by atoms with Gasteiger partial charge >= 0.3 is 0 Å². The Kier molecular flexibility index (Phi) is 40.4. The van der Waals surface area contributed by atoms with Gasteiger partial charge in [0, 0.05) is 25.5 Å². The summed E-state index contributed by atoms with van der Waals surface area (Å²) >= 11 is 0. The lowest BCUT2D eigenvalue weighted by Gasteiger charge is -2.33. The first kappa shape index (κ1) is 50.4. The Labute approximate surface area is 337 Å². The van der Waals surface area contributed by atoms with Gasteiger partial charge in [-0.2, -0.15) is 0 Å². The molecule has 0 aromatic heterocycles. The second kappa shape index (κ2) is 42.5. The quantitative estimate of drug-likeness (QED) is 0.0573. The highest BCUT2D eigenvalue weighted by atomic mass is 15.4. The van der Waals surface area contributed by atoms with Crippen LogP contribution in [0.1, 0.15) is 297 Å². The molecule has 1 unspecified atom stereocenters. The third kappa shape index (κ3) is 34.3. The summed E-state index contributed by atoms with van der Waals surface area (Å²) in [7, 11) is 0. The van der Waals surface area contributed by atoms with Crippen LogP contribution in [-0.4, -0.2) is 29.1 Å². The summed E-state index contributed by atoms with van der Waals surface area (Å²) in [5, 5.41) is 0. The fourth-order valence-corrected chi connectivity index (χ4v) is 8.84. The van der Waals surface area contributed by atoms with Gasteiger partial charge < -0.3 is 9.80 Å². The predicted octanol–water partition coefficient (Wildman–Crippen LogP) is 18.2. The number of rotatable bonds is 45. The van der Waals surface area contributed by atoms with Gasteiger partial charge in [0.05, 0.1) is 0 Å². The third-order valence-corrected chi connectivity index (χ3v) is 12.6. The summed E-state index contributed by atoms with van der Waals surface area (Å²) in [5.74, 6) is 0. The molecular weight excluding hydrogens is 641 g/mol. The zero-order chi connectivity index (χ0) is 38.0. The van der Waals surface area contributed by atoms with Crippen molar-refractivity contribution in [2.24, 2.45) is 0 Å². The molecule has 1 atom stereocenters. The summed E-state index contributed by atoms with van der Waals surface area (Å²) in [4.78, 5) is 5.48. The van der Waals surface area contributed by atoms with Crippen LogP contribution in [0.25, 0.3) is 0 Å². The average Bonchev–Trinajstić information content (AvgIpc) is 3.55. The van der Waals surface area contributed by atoms with Crippen molar-refractivity contribution in [1.82, 2.24) is 9.80 Å². The maximum atomic E-state index is 2.74. The van der Waals surface area contributed by atoms with Crippen molar-refractivity contribution in [2.75, 3.05) is 13.1 Å². The molecule has 1 aliphatic heterocycles. The molecule has 0 saturated carbocycles. The molecule has 1 heterocycles. The first-order valence-corrected chi connectivity index (χ1v) is 25.5. The monoisotopic (exact) mass is 743 g/mol. The molecule has 0 aromatic rings. The Morgan fingerprint density at radius 2 is 0.434 bits per heavy atom. The van der Waals surface area contributed by atoms with Crippen LogP contribution >= 0.6 is 0 Å². The van der Waals surface area contributed by atoms with Gasteiger partial charge in [0.2, 0.25) is 0 Å². The van der Waals surface area contributed by atoms with Crippen LogP contribution in [0, 0.1) is 0 Å². The van der Waals surface area contributed by atoms with Crippen LogP contribution in [0.4, 0.5) is 0 Å². The van der Waals surface area contributed by atoms with Crippen molar-refractivity contribution in [3.63, 3.8) is 0 Å². The Hall–Kier alpha value is -0.660. The standard InChI is InChI=1S/C51H102N2/c1-4-7-10-13-16-19-22-24-26-28-30-32-34-37-40-43-46-51-52(47-44-41-38-35-21-18-15-12-9-6-3)49-50-53(51)48-45-42-39-36-33-31-29-27-25-23-20-17-14-11-8-5-2/h49-51H,4-48H2,1-3H3. The predicted molar refractivity (Wildman–Crippen MR) is 242 cm³/mol. The SMILES string of the molecule is CCCCCCCCCCCCCCCCCCC1N(CCCCCCCCCCCC)C=CN1CCCCCCCCCCCCCCCCCC. The molecule has 0 fully saturated rings. The first-order valence-electron chi connectivity index (χ1n) is 25.5. The molecule has 1 rings (SSSR count). The van der Waals surface area contributed by atoms with Crippen molar-refractivity contribution < 1.29 is 0 Å². The van der Waals surface area contributed by atoms with Gasteiger partial charge in [-0.1, -0.05) is 271 Å². The molecule has 0 spiro atoms. The zero-order valence-corrected chi connectivity index (χ0v) is 37.4. The number of hydrogen-bond acceptors (Lipinski definition) is 2. The minimum atomic E-state index is 0.636. The Bertz CT molecular complexity index is 702. The second-order valence-corrected chi connectivity index (χ2v) is 17.8. The van der Waals surface area contributed by atoms with Gasteiger partial charge in [0.25, 0.3) is 0 Å². The van der Waals surface area contributed by atoms with Crippen molar-refractivity contribution in [3.05, 3.63) is 12.4 Å². The smallest absolute Gasteiger partial charge is 0.101 e. The maximum absolute atomic E-state index is 2.74. The molecule has 0 saturated heterocycles. The molecule has 0 aromatic carbocycles. The fraction of sp³-hybridized carbons (Fsp3) is 0.961. The summed E-state index contributed by atoms with van der Waals surface area (Å²) in [5.41, 5.74) is 0. The van der Waals surface area contributed by atoms with Gasteiger partial charge in [-0.25, -0.2) is 0 Å². The van der Waals surface area contributed by atoms with E-state index in [9.17, 15) is 0 Å². The molecule has 0 aliphatic carbocycles.